The van der Waals surface area contributed by atoms with Gasteiger partial charge < -0.3 is 18.9 Å². The minimum Gasteiger partial charge on any atom is -0.497 e. The third kappa shape index (κ3) is 4.60. The predicted octanol–water partition coefficient (Wildman–Crippen LogP) is 3.57. The summed E-state index contributed by atoms with van der Waals surface area (Å²) in [5, 5.41) is 14.4. The quantitative estimate of drug-likeness (QED) is 0.344. The second kappa shape index (κ2) is 10.3. The summed E-state index contributed by atoms with van der Waals surface area (Å²) >= 11 is 3.67. The first-order valence-corrected chi connectivity index (χ1v) is 13.7. The molecule has 39 heavy (non-hydrogen) atoms. The van der Waals surface area contributed by atoms with E-state index in [0.717, 1.165) is 44.6 Å². The van der Waals surface area contributed by atoms with Crippen LogP contribution in [0, 0.1) is 0 Å². The van der Waals surface area contributed by atoms with Crippen molar-refractivity contribution in [2.75, 3.05) is 38.2 Å². The Kier molecular flexibility index (Phi) is 6.86. The van der Waals surface area contributed by atoms with Gasteiger partial charge in [-0.15, -0.1) is 0 Å². The molecular weight excluding hydrogens is 516 g/mol. The molecule has 1 aliphatic carbocycles. The number of carbonyl (C=O) groups excluding carboxylic acids is 2. The van der Waals surface area contributed by atoms with Crippen LogP contribution in [0.1, 0.15) is 57.8 Å². The smallest absolute Gasteiger partial charge is 0.370 e. The van der Waals surface area contributed by atoms with Crippen LogP contribution in [0.5, 0.6) is 5.75 Å². The fourth-order valence-corrected chi connectivity index (χ4v) is 6.33. The van der Waals surface area contributed by atoms with E-state index in [1.807, 2.05) is 12.1 Å². The fraction of sp³-hybridized carbons (Fsp3) is 0.414. The molecule has 1 N–H and O–H groups in total. The summed E-state index contributed by atoms with van der Waals surface area (Å²) in [6.45, 7) is 3.06. The summed E-state index contributed by atoms with van der Waals surface area (Å²) in [5.41, 5.74) is 3.83. The molecule has 9 nitrogen and oxygen atoms in total. The number of rotatable bonds is 7. The molecule has 0 spiro atoms. The van der Waals surface area contributed by atoms with Gasteiger partial charge in [-0.25, -0.2) is 9.48 Å². The summed E-state index contributed by atoms with van der Waals surface area (Å²) in [5.74, 6) is -0.244. The van der Waals surface area contributed by atoms with Gasteiger partial charge in [0.25, 0.3) is 5.91 Å². The van der Waals surface area contributed by atoms with Crippen molar-refractivity contribution in [3.8, 4) is 11.4 Å². The van der Waals surface area contributed by atoms with Crippen molar-refractivity contribution in [3.63, 3.8) is 0 Å². The maximum absolute atomic E-state index is 13.9. The number of aliphatic hydroxyl groups excluding tert-OH is 1. The Bertz CT molecular complexity index is 1380. The van der Waals surface area contributed by atoms with Crippen LogP contribution in [-0.2, 0) is 16.0 Å². The highest BCUT2D eigenvalue weighted by Crippen LogP contribution is 2.45. The van der Waals surface area contributed by atoms with Gasteiger partial charge in [-0.3, -0.25) is 9.69 Å². The summed E-state index contributed by atoms with van der Waals surface area (Å²) < 4.78 is 11.4. The number of amides is 1. The molecule has 1 atom stereocenters. The Morgan fingerprint density at radius 1 is 1.10 bits per heavy atom. The number of β-amino-alcohol motifs (C(OH)–C–C–N with tert-alkyl or cyclic N) is 1. The summed E-state index contributed by atoms with van der Waals surface area (Å²) in [6.07, 6.45) is 4.55. The molecule has 6 rings (SSSR count). The molecule has 0 radical (unpaired) electrons. The van der Waals surface area contributed by atoms with Gasteiger partial charge in [0.15, 0.2) is 5.69 Å². The highest BCUT2D eigenvalue weighted by atomic mass is 32.1. The number of hydrogen-bond acceptors (Lipinski definition) is 8. The van der Waals surface area contributed by atoms with E-state index in [9.17, 15) is 14.7 Å². The molecule has 2 aromatic carbocycles. The number of hydrogen-bond donors (Lipinski definition) is 2. The van der Waals surface area contributed by atoms with Crippen molar-refractivity contribution in [1.29, 1.82) is 0 Å². The molecule has 3 heterocycles. The molecule has 10 heteroatoms. The van der Waals surface area contributed by atoms with Crippen molar-refractivity contribution < 1.29 is 23.6 Å². The lowest BCUT2D eigenvalue weighted by Crippen LogP contribution is -2.45. The van der Waals surface area contributed by atoms with Crippen molar-refractivity contribution in [2.45, 2.75) is 43.6 Å². The number of fused-ring (bicyclic) bond motifs is 1. The maximum atomic E-state index is 13.9. The Hall–Kier alpha value is -3.34. The molecule has 2 aliphatic heterocycles. The first-order valence-electron chi connectivity index (χ1n) is 13.4. The monoisotopic (exact) mass is 548 g/mol. The van der Waals surface area contributed by atoms with Crippen LogP contribution in [0.2, 0.25) is 0 Å². The van der Waals surface area contributed by atoms with E-state index in [1.54, 1.807) is 36.3 Å². The van der Waals surface area contributed by atoms with E-state index >= 15 is 0 Å². The van der Waals surface area contributed by atoms with Crippen LogP contribution in [0.3, 0.4) is 0 Å². The molecule has 1 saturated heterocycles. The average molecular weight is 549 g/mol. The Labute approximate surface area is 232 Å². The first kappa shape index (κ1) is 25.9. The minimum absolute atomic E-state index is 0.0955. The SMILES string of the molecule is COc1ccc(-n2nc(C(=O)OS)c3c2C(=O)N(c2ccc(C4(CN5CC[C@@H](O)C5)CCC4)cc2)CC3)cc1. The zero-order chi connectivity index (χ0) is 27.1. The molecule has 0 unspecified atom stereocenters. The van der Waals surface area contributed by atoms with Crippen LogP contribution in [0.4, 0.5) is 5.69 Å². The standard InChI is InChI=1S/C29H32N4O5S/c1-37-23-9-7-21(8-10-23)33-26-24(25(30-33)28(36)38-39)12-16-32(27(26)35)20-5-3-19(4-6-20)29(13-2-14-29)18-31-15-11-22(34)17-31/h3-10,22,34,39H,2,11-18H2,1H3/t22-/m1/s1. The number of carbonyl (C=O) groups is 2. The third-order valence-electron chi connectivity index (χ3n) is 8.49. The maximum Gasteiger partial charge on any atom is 0.370 e. The number of likely N-dealkylation sites (tertiary alicyclic amines) is 1. The Morgan fingerprint density at radius 2 is 1.82 bits per heavy atom. The highest BCUT2D eigenvalue weighted by Gasteiger charge is 2.41. The second-order valence-corrected chi connectivity index (χ2v) is 10.9. The number of anilines is 1. The minimum atomic E-state index is -0.691. The summed E-state index contributed by atoms with van der Waals surface area (Å²) in [7, 11) is 1.59. The van der Waals surface area contributed by atoms with Gasteiger partial charge in [0.1, 0.15) is 11.4 Å². The zero-order valence-electron chi connectivity index (χ0n) is 21.9. The molecule has 3 aromatic rings. The lowest BCUT2D eigenvalue weighted by molar-refractivity contribution is 0.0764. The molecule has 3 aliphatic rings. The lowest BCUT2D eigenvalue weighted by Gasteiger charge is -2.45. The Balaban J connectivity index is 1.29. The third-order valence-corrected chi connectivity index (χ3v) is 8.65. The molecule has 1 amide bonds. The molecule has 2 fully saturated rings. The van der Waals surface area contributed by atoms with Gasteiger partial charge in [0, 0.05) is 55.8 Å². The number of thiol groups is 1. The van der Waals surface area contributed by atoms with Crippen molar-refractivity contribution in [3.05, 3.63) is 71.0 Å². The predicted molar refractivity (Wildman–Crippen MR) is 149 cm³/mol. The number of aliphatic hydroxyl groups is 1. The van der Waals surface area contributed by atoms with E-state index in [0.29, 0.717) is 35.7 Å². The van der Waals surface area contributed by atoms with E-state index in [1.165, 1.54) is 16.7 Å². The number of aromatic nitrogens is 2. The van der Waals surface area contributed by atoms with Crippen LogP contribution in [0.25, 0.3) is 5.69 Å². The molecule has 1 aromatic heterocycles. The molecular formula is C29H32N4O5S. The van der Waals surface area contributed by atoms with Crippen LogP contribution < -0.4 is 9.64 Å². The largest absolute Gasteiger partial charge is 0.497 e. The lowest BCUT2D eigenvalue weighted by atomic mass is 9.64. The molecule has 0 bridgehead atoms. The summed E-state index contributed by atoms with van der Waals surface area (Å²) in [6, 6.07) is 15.5. The fourth-order valence-electron chi connectivity index (χ4n) is 6.24. The van der Waals surface area contributed by atoms with Gasteiger partial charge in [0.2, 0.25) is 0 Å². The number of benzene rings is 2. The number of ether oxygens (including phenoxy) is 1. The van der Waals surface area contributed by atoms with Gasteiger partial charge >= 0.3 is 5.97 Å². The van der Waals surface area contributed by atoms with Crippen molar-refractivity contribution in [1.82, 2.24) is 14.7 Å². The van der Waals surface area contributed by atoms with Gasteiger partial charge in [-0.05, 0) is 67.6 Å². The normalized spacial score (nSPS) is 20.4. The number of nitrogens with zero attached hydrogens (tertiary/aromatic N) is 4. The van der Waals surface area contributed by atoms with E-state index in [2.05, 4.69) is 39.2 Å². The molecule has 204 valence electrons. The average Bonchev–Trinajstić information content (AvgIpc) is 3.54. The van der Waals surface area contributed by atoms with Crippen molar-refractivity contribution >= 4 is 30.5 Å². The highest BCUT2D eigenvalue weighted by molar-refractivity contribution is 7.75. The van der Waals surface area contributed by atoms with Crippen LogP contribution >= 0.6 is 12.9 Å². The summed E-state index contributed by atoms with van der Waals surface area (Å²) in [4.78, 5) is 30.5. The van der Waals surface area contributed by atoms with Crippen LogP contribution in [-0.4, -0.2) is 71.1 Å². The van der Waals surface area contributed by atoms with Crippen molar-refractivity contribution in [2.24, 2.45) is 0 Å². The topological polar surface area (TPSA) is 97.1 Å². The number of methoxy groups -OCH3 is 1. The van der Waals surface area contributed by atoms with Gasteiger partial charge in [-0.2, -0.15) is 5.10 Å². The zero-order valence-corrected chi connectivity index (χ0v) is 22.8. The van der Waals surface area contributed by atoms with E-state index < -0.39 is 5.97 Å². The first-order chi connectivity index (χ1) is 18.9. The van der Waals surface area contributed by atoms with Gasteiger partial charge in [0.05, 0.1) is 18.9 Å². The Morgan fingerprint density at radius 3 is 2.41 bits per heavy atom. The second-order valence-electron chi connectivity index (χ2n) is 10.7. The molecule has 1 saturated carbocycles. The van der Waals surface area contributed by atoms with E-state index in [4.69, 9.17) is 4.74 Å². The van der Waals surface area contributed by atoms with E-state index in [-0.39, 0.29) is 23.1 Å². The van der Waals surface area contributed by atoms with Crippen LogP contribution in [0.15, 0.2) is 48.5 Å². The van der Waals surface area contributed by atoms with Gasteiger partial charge in [-0.1, -0.05) is 18.6 Å².